The molecule has 0 aliphatic carbocycles. The van der Waals surface area contributed by atoms with Gasteiger partial charge in [0.2, 0.25) is 0 Å². The molecule has 0 amide bonds. The summed E-state index contributed by atoms with van der Waals surface area (Å²) in [5.41, 5.74) is 2.49. The van der Waals surface area contributed by atoms with E-state index in [0.29, 0.717) is 50.6 Å². The molecule has 3 aromatic carbocycles. The normalized spacial score (nSPS) is 12.9. The lowest BCUT2D eigenvalue weighted by atomic mass is 9.82. The average Bonchev–Trinajstić information content (AvgIpc) is 3.38. The summed E-state index contributed by atoms with van der Waals surface area (Å²) in [5.74, 6) is -0.426. The largest absolute Gasteiger partial charge is 0.464 e. The Kier molecular flexibility index (Phi) is 7.56. The molecule has 0 aliphatic rings. The average molecular weight is 557 g/mol. The quantitative estimate of drug-likeness (QED) is 0.236. The summed E-state index contributed by atoms with van der Waals surface area (Å²) in [6.07, 6.45) is 3.01. The lowest BCUT2D eigenvalue weighted by Crippen LogP contribution is -2.31. The number of halogens is 1. The highest BCUT2D eigenvalue weighted by Crippen LogP contribution is 2.39. The van der Waals surface area contributed by atoms with E-state index >= 15 is 0 Å². The molecule has 5 rings (SSSR count). The first-order chi connectivity index (χ1) is 19.2. The molecule has 5 aromatic rings. The summed E-state index contributed by atoms with van der Waals surface area (Å²) in [6, 6.07) is 19.9. The third kappa shape index (κ3) is 5.15. The van der Waals surface area contributed by atoms with Gasteiger partial charge < -0.3 is 19.1 Å². The van der Waals surface area contributed by atoms with Gasteiger partial charge in [0.15, 0.2) is 5.60 Å². The number of imidazole rings is 1. The molecule has 0 saturated carbocycles. The fraction of sp³-hybridized carbons (Fsp3) is 0.226. The summed E-state index contributed by atoms with van der Waals surface area (Å²) >= 11 is 6.32. The number of rotatable bonds is 8. The Morgan fingerprint density at radius 3 is 2.45 bits per heavy atom. The number of carbonyl (C=O) groups excluding carboxylic acids is 1. The molecule has 0 radical (unpaired) electrons. The van der Waals surface area contributed by atoms with Crippen molar-refractivity contribution in [3.63, 3.8) is 0 Å². The van der Waals surface area contributed by atoms with Crippen molar-refractivity contribution < 1.29 is 19.4 Å². The number of aryl methyl sites for hydroxylation is 1. The minimum Gasteiger partial charge on any atom is -0.464 e. The molecule has 2 aromatic heterocycles. The molecule has 0 saturated heterocycles. The van der Waals surface area contributed by atoms with Crippen molar-refractivity contribution in [3.8, 4) is 17.3 Å². The fourth-order valence-corrected chi connectivity index (χ4v) is 4.87. The number of esters is 1. The van der Waals surface area contributed by atoms with Gasteiger partial charge in [-0.05, 0) is 68.3 Å². The van der Waals surface area contributed by atoms with E-state index in [1.807, 2.05) is 50.4 Å². The van der Waals surface area contributed by atoms with E-state index in [1.54, 1.807) is 61.3 Å². The van der Waals surface area contributed by atoms with Crippen molar-refractivity contribution in [2.45, 2.75) is 32.5 Å². The summed E-state index contributed by atoms with van der Waals surface area (Å²) in [6.45, 7) is 5.88. The standard InChI is InChI=1S/C31H29ClN4O4/c1-5-39-30-34-26-14-13-23(16-25(26)28(35-30)21-7-6-8-24(32)15-21)31(38,27-17-33-18-36(27)4)22-11-9-20(10-12-22)29(37)40-19(2)3/h6-19,38H,5H2,1-4H3. The van der Waals surface area contributed by atoms with E-state index in [4.69, 9.17) is 26.1 Å². The van der Waals surface area contributed by atoms with Crippen LogP contribution in [0, 0.1) is 0 Å². The van der Waals surface area contributed by atoms with Gasteiger partial charge in [0.1, 0.15) is 0 Å². The molecule has 8 nitrogen and oxygen atoms in total. The molecule has 1 atom stereocenters. The topological polar surface area (TPSA) is 99.4 Å². The highest BCUT2D eigenvalue weighted by atomic mass is 35.5. The molecule has 1 N–H and O–H groups in total. The molecule has 0 aliphatic heterocycles. The van der Waals surface area contributed by atoms with Gasteiger partial charge >= 0.3 is 12.0 Å². The van der Waals surface area contributed by atoms with E-state index < -0.39 is 11.6 Å². The third-order valence-electron chi connectivity index (χ3n) is 6.53. The number of ether oxygens (including phenoxy) is 2. The molecule has 9 heteroatoms. The number of hydrogen-bond acceptors (Lipinski definition) is 7. The number of benzene rings is 3. The van der Waals surface area contributed by atoms with Crippen molar-refractivity contribution >= 4 is 28.5 Å². The molecule has 0 bridgehead atoms. The van der Waals surface area contributed by atoms with Crippen LogP contribution in [0.15, 0.2) is 79.3 Å². The first-order valence-electron chi connectivity index (χ1n) is 12.9. The summed E-state index contributed by atoms with van der Waals surface area (Å²) < 4.78 is 12.7. The molecule has 40 heavy (non-hydrogen) atoms. The van der Waals surface area contributed by atoms with Gasteiger partial charge in [-0.2, -0.15) is 9.97 Å². The highest BCUT2D eigenvalue weighted by molar-refractivity contribution is 6.30. The molecule has 204 valence electrons. The third-order valence-corrected chi connectivity index (χ3v) is 6.77. The van der Waals surface area contributed by atoms with Gasteiger partial charge in [-0.25, -0.2) is 9.78 Å². The maximum atomic E-state index is 12.5. The zero-order valence-electron chi connectivity index (χ0n) is 22.6. The first-order valence-corrected chi connectivity index (χ1v) is 13.3. The fourth-order valence-electron chi connectivity index (χ4n) is 4.68. The first kappa shape index (κ1) is 27.3. The summed E-state index contributed by atoms with van der Waals surface area (Å²) in [5, 5.41) is 13.8. The highest BCUT2D eigenvalue weighted by Gasteiger charge is 2.37. The minimum absolute atomic E-state index is 0.240. The molecule has 0 fully saturated rings. The van der Waals surface area contributed by atoms with Gasteiger partial charge in [0.05, 0.1) is 47.7 Å². The molecular formula is C31H29ClN4O4. The van der Waals surface area contributed by atoms with Crippen LogP contribution in [0.1, 0.15) is 48.0 Å². The zero-order valence-corrected chi connectivity index (χ0v) is 23.4. The molecule has 1 unspecified atom stereocenters. The second kappa shape index (κ2) is 11.1. The van der Waals surface area contributed by atoms with E-state index in [-0.39, 0.29) is 12.1 Å². The van der Waals surface area contributed by atoms with Crippen molar-refractivity contribution in [2.75, 3.05) is 6.61 Å². The van der Waals surface area contributed by atoms with E-state index in [9.17, 15) is 9.90 Å². The molecule has 2 heterocycles. The van der Waals surface area contributed by atoms with Crippen LogP contribution in [0.2, 0.25) is 5.02 Å². The second-order valence-electron chi connectivity index (χ2n) is 9.66. The zero-order chi connectivity index (χ0) is 28.4. The Labute approximate surface area is 237 Å². The number of carbonyl (C=O) groups is 1. The van der Waals surface area contributed by atoms with E-state index in [1.165, 1.54) is 0 Å². The second-order valence-corrected chi connectivity index (χ2v) is 10.1. The van der Waals surface area contributed by atoms with E-state index in [2.05, 4.69) is 9.97 Å². The van der Waals surface area contributed by atoms with Crippen LogP contribution < -0.4 is 4.74 Å². The lowest BCUT2D eigenvalue weighted by Gasteiger charge is -2.30. The van der Waals surface area contributed by atoms with E-state index in [0.717, 1.165) is 5.56 Å². The Balaban J connectivity index is 1.71. The predicted molar refractivity (Wildman–Crippen MR) is 153 cm³/mol. The van der Waals surface area contributed by atoms with Crippen LogP contribution >= 0.6 is 11.6 Å². The van der Waals surface area contributed by atoms with Gasteiger partial charge in [-0.1, -0.05) is 41.9 Å². The lowest BCUT2D eigenvalue weighted by molar-refractivity contribution is 0.0377. The number of fused-ring (bicyclic) bond motifs is 1. The molecular weight excluding hydrogens is 528 g/mol. The van der Waals surface area contributed by atoms with Crippen molar-refractivity contribution in [3.05, 3.63) is 107 Å². The number of hydrogen-bond donors (Lipinski definition) is 1. The predicted octanol–water partition coefficient (Wildman–Crippen LogP) is 5.93. The number of aromatic nitrogens is 4. The van der Waals surface area contributed by atoms with Crippen LogP contribution in [0.25, 0.3) is 22.2 Å². The Hall–Kier alpha value is -4.27. The monoisotopic (exact) mass is 556 g/mol. The maximum Gasteiger partial charge on any atom is 0.338 e. The van der Waals surface area contributed by atoms with Crippen molar-refractivity contribution in [1.29, 1.82) is 0 Å². The van der Waals surface area contributed by atoms with Gasteiger partial charge in [-0.3, -0.25) is 0 Å². The van der Waals surface area contributed by atoms with Crippen molar-refractivity contribution in [1.82, 2.24) is 19.5 Å². The van der Waals surface area contributed by atoms with Crippen LogP contribution in [-0.4, -0.2) is 43.3 Å². The van der Waals surface area contributed by atoms with Crippen molar-refractivity contribution in [2.24, 2.45) is 7.05 Å². The van der Waals surface area contributed by atoms with Crippen LogP contribution in [0.4, 0.5) is 0 Å². The summed E-state index contributed by atoms with van der Waals surface area (Å²) in [7, 11) is 1.82. The number of nitrogens with zero attached hydrogens (tertiary/aromatic N) is 4. The smallest absolute Gasteiger partial charge is 0.338 e. The Morgan fingerprint density at radius 1 is 1.05 bits per heavy atom. The minimum atomic E-state index is -1.62. The maximum absolute atomic E-state index is 12.5. The van der Waals surface area contributed by atoms with Crippen LogP contribution in [0.5, 0.6) is 6.01 Å². The SMILES string of the molecule is CCOc1nc(-c2cccc(Cl)c2)c2cc(C(O)(c3ccc(C(=O)OC(C)C)cc3)c3cncn3C)ccc2n1. The Bertz CT molecular complexity index is 1680. The number of aliphatic hydroxyl groups is 1. The van der Waals surface area contributed by atoms with Crippen LogP contribution in [0.3, 0.4) is 0 Å². The van der Waals surface area contributed by atoms with Gasteiger partial charge in [-0.15, -0.1) is 0 Å². The summed E-state index contributed by atoms with van der Waals surface area (Å²) in [4.78, 5) is 26.0. The molecule has 0 spiro atoms. The van der Waals surface area contributed by atoms with Crippen LogP contribution in [-0.2, 0) is 17.4 Å². The van der Waals surface area contributed by atoms with Gasteiger partial charge in [0, 0.05) is 23.0 Å². The van der Waals surface area contributed by atoms with Gasteiger partial charge in [0.25, 0.3) is 0 Å². The Morgan fingerprint density at radius 2 is 1.80 bits per heavy atom.